The summed E-state index contributed by atoms with van der Waals surface area (Å²) in [6, 6.07) is 3.54. The van der Waals surface area contributed by atoms with Crippen LogP contribution in [0.4, 0.5) is 5.82 Å². The first-order valence-corrected chi connectivity index (χ1v) is 9.12. The van der Waals surface area contributed by atoms with Crippen molar-refractivity contribution in [1.82, 2.24) is 14.9 Å². The maximum Gasteiger partial charge on any atom is 0.264 e. The zero-order chi connectivity index (χ0) is 16.5. The molecule has 2 aliphatic rings. The molecule has 24 heavy (non-hydrogen) atoms. The summed E-state index contributed by atoms with van der Waals surface area (Å²) in [5.74, 6) is 1.01. The van der Waals surface area contributed by atoms with Crippen LogP contribution in [-0.4, -0.2) is 53.6 Å². The number of hydrogen-bond acceptors (Lipinski definition) is 6. The van der Waals surface area contributed by atoms with Crippen LogP contribution in [0.1, 0.15) is 20.9 Å². The van der Waals surface area contributed by atoms with Gasteiger partial charge in [0, 0.05) is 25.2 Å². The summed E-state index contributed by atoms with van der Waals surface area (Å²) in [7, 11) is 0. The predicted molar refractivity (Wildman–Crippen MR) is 92.8 cm³/mol. The van der Waals surface area contributed by atoms with Gasteiger partial charge in [0.15, 0.2) is 0 Å². The van der Waals surface area contributed by atoms with Crippen LogP contribution in [-0.2, 0) is 17.7 Å². The van der Waals surface area contributed by atoms with Gasteiger partial charge < -0.3 is 14.5 Å². The number of rotatable bonds is 2. The second-order valence-electron chi connectivity index (χ2n) is 5.80. The molecule has 0 aliphatic carbocycles. The first kappa shape index (κ1) is 15.8. The molecule has 0 bridgehead atoms. The molecule has 1 fully saturated rings. The summed E-state index contributed by atoms with van der Waals surface area (Å²) in [4.78, 5) is 26.3. The van der Waals surface area contributed by atoms with E-state index in [4.69, 9.17) is 16.3 Å². The molecule has 0 aromatic carbocycles. The molecule has 6 nitrogen and oxygen atoms in total. The van der Waals surface area contributed by atoms with E-state index in [-0.39, 0.29) is 5.91 Å². The number of halogens is 1. The first-order valence-electron chi connectivity index (χ1n) is 7.92. The molecule has 8 heteroatoms. The van der Waals surface area contributed by atoms with E-state index in [1.165, 1.54) is 11.3 Å². The van der Waals surface area contributed by atoms with E-state index in [1.54, 1.807) is 18.5 Å². The van der Waals surface area contributed by atoms with E-state index in [2.05, 4.69) is 14.9 Å². The summed E-state index contributed by atoms with van der Waals surface area (Å²) >= 11 is 7.26. The number of thiophene rings is 1. The third-order valence-corrected chi connectivity index (χ3v) is 5.59. The lowest BCUT2D eigenvalue weighted by Gasteiger charge is -2.33. The Morgan fingerprint density at radius 2 is 2.04 bits per heavy atom. The normalized spacial score (nSPS) is 17.7. The van der Waals surface area contributed by atoms with Crippen molar-refractivity contribution in [2.45, 2.75) is 13.0 Å². The second-order valence-corrected chi connectivity index (χ2v) is 7.52. The highest BCUT2D eigenvalue weighted by molar-refractivity contribution is 7.17. The monoisotopic (exact) mass is 364 g/mol. The van der Waals surface area contributed by atoms with Crippen LogP contribution in [0.5, 0.6) is 0 Å². The zero-order valence-electron chi connectivity index (χ0n) is 13.1. The number of morpholine rings is 1. The Bertz CT molecular complexity index is 760. The van der Waals surface area contributed by atoms with Gasteiger partial charge in [0.05, 0.1) is 34.7 Å². The lowest BCUT2D eigenvalue weighted by atomic mass is 10.0. The number of aromatic nitrogens is 2. The number of carbonyl (C=O) groups is 1. The molecule has 4 rings (SSSR count). The van der Waals surface area contributed by atoms with E-state index in [0.717, 1.165) is 49.8 Å². The van der Waals surface area contributed by atoms with Gasteiger partial charge in [0.2, 0.25) is 0 Å². The second kappa shape index (κ2) is 6.66. The highest BCUT2D eigenvalue weighted by Gasteiger charge is 2.27. The molecule has 0 saturated carbocycles. The van der Waals surface area contributed by atoms with Crippen LogP contribution >= 0.6 is 22.9 Å². The summed E-state index contributed by atoms with van der Waals surface area (Å²) in [6.45, 7) is 4.33. The average Bonchev–Trinajstić information content (AvgIpc) is 3.07. The molecule has 126 valence electrons. The van der Waals surface area contributed by atoms with E-state index in [9.17, 15) is 4.79 Å². The molecule has 2 aromatic rings. The van der Waals surface area contributed by atoms with Gasteiger partial charge in [0.25, 0.3) is 5.91 Å². The zero-order valence-corrected chi connectivity index (χ0v) is 14.6. The molecule has 0 atom stereocenters. The van der Waals surface area contributed by atoms with Gasteiger partial charge in [-0.2, -0.15) is 0 Å². The standard InChI is InChI=1S/C16H17ClN4O2S/c17-14-2-1-13(24-14)16(22)21-4-3-11-12(9-21)18-10-19-15(11)20-5-7-23-8-6-20/h1-2,10H,3-9H2. The van der Waals surface area contributed by atoms with Gasteiger partial charge in [-0.15, -0.1) is 11.3 Å². The Morgan fingerprint density at radius 1 is 1.21 bits per heavy atom. The van der Waals surface area contributed by atoms with Crippen LogP contribution in [0, 0.1) is 0 Å². The summed E-state index contributed by atoms with van der Waals surface area (Å²) < 4.78 is 6.05. The van der Waals surface area contributed by atoms with Crippen molar-refractivity contribution in [2.75, 3.05) is 37.7 Å². The van der Waals surface area contributed by atoms with Gasteiger partial charge in [-0.3, -0.25) is 4.79 Å². The fraction of sp³-hybridized carbons (Fsp3) is 0.438. The minimum Gasteiger partial charge on any atom is -0.378 e. The molecular weight excluding hydrogens is 348 g/mol. The van der Waals surface area contributed by atoms with Crippen LogP contribution in [0.25, 0.3) is 0 Å². The number of fused-ring (bicyclic) bond motifs is 1. The van der Waals surface area contributed by atoms with Crippen LogP contribution < -0.4 is 4.90 Å². The first-order chi connectivity index (χ1) is 11.7. The molecular formula is C16H17ClN4O2S. The highest BCUT2D eigenvalue weighted by atomic mass is 35.5. The van der Waals surface area contributed by atoms with Gasteiger partial charge in [0.1, 0.15) is 12.1 Å². The Kier molecular flexibility index (Phi) is 4.39. The third kappa shape index (κ3) is 2.99. The Morgan fingerprint density at radius 3 is 2.79 bits per heavy atom. The minimum absolute atomic E-state index is 0.0177. The fourth-order valence-electron chi connectivity index (χ4n) is 3.14. The maximum atomic E-state index is 12.6. The largest absolute Gasteiger partial charge is 0.378 e. The number of nitrogens with zero attached hydrogens (tertiary/aromatic N) is 4. The maximum absolute atomic E-state index is 12.6. The average molecular weight is 365 g/mol. The highest BCUT2D eigenvalue weighted by Crippen LogP contribution is 2.28. The molecule has 0 radical (unpaired) electrons. The molecule has 2 aliphatic heterocycles. The van der Waals surface area contributed by atoms with Crippen molar-refractivity contribution in [3.05, 3.63) is 38.9 Å². The lowest BCUT2D eigenvalue weighted by molar-refractivity contribution is 0.0736. The molecule has 2 aromatic heterocycles. The van der Waals surface area contributed by atoms with Gasteiger partial charge in [-0.05, 0) is 18.6 Å². The van der Waals surface area contributed by atoms with Crippen molar-refractivity contribution >= 4 is 34.7 Å². The topological polar surface area (TPSA) is 58.6 Å². The third-order valence-electron chi connectivity index (χ3n) is 4.37. The van der Waals surface area contributed by atoms with Crippen LogP contribution in [0.3, 0.4) is 0 Å². The van der Waals surface area contributed by atoms with Crippen molar-refractivity contribution < 1.29 is 9.53 Å². The minimum atomic E-state index is 0.0177. The Hall–Kier alpha value is -1.70. The van der Waals surface area contributed by atoms with E-state index < -0.39 is 0 Å². The van der Waals surface area contributed by atoms with Gasteiger partial charge in [-0.25, -0.2) is 9.97 Å². The van der Waals surface area contributed by atoms with Crippen molar-refractivity contribution in [3.8, 4) is 0 Å². The van der Waals surface area contributed by atoms with E-state index in [1.807, 2.05) is 4.90 Å². The van der Waals surface area contributed by atoms with Crippen molar-refractivity contribution in [2.24, 2.45) is 0 Å². The summed E-state index contributed by atoms with van der Waals surface area (Å²) in [5.41, 5.74) is 2.10. The summed E-state index contributed by atoms with van der Waals surface area (Å²) in [5, 5.41) is 0. The molecule has 1 saturated heterocycles. The van der Waals surface area contributed by atoms with Gasteiger partial charge >= 0.3 is 0 Å². The Balaban J connectivity index is 1.56. The number of hydrogen-bond donors (Lipinski definition) is 0. The molecule has 4 heterocycles. The van der Waals surface area contributed by atoms with Crippen molar-refractivity contribution in [3.63, 3.8) is 0 Å². The number of carbonyl (C=O) groups excluding carboxylic acids is 1. The van der Waals surface area contributed by atoms with Crippen LogP contribution in [0.2, 0.25) is 4.34 Å². The smallest absolute Gasteiger partial charge is 0.264 e. The van der Waals surface area contributed by atoms with E-state index in [0.29, 0.717) is 22.3 Å². The molecule has 0 spiro atoms. The number of ether oxygens (including phenoxy) is 1. The lowest BCUT2D eigenvalue weighted by Crippen LogP contribution is -2.40. The Labute approximate surface area is 149 Å². The SMILES string of the molecule is O=C(c1ccc(Cl)s1)N1CCc2c(ncnc2N2CCOCC2)C1. The van der Waals surface area contributed by atoms with Crippen molar-refractivity contribution in [1.29, 1.82) is 0 Å². The van der Waals surface area contributed by atoms with Crippen LogP contribution in [0.15, 0.2) is 18.5 Å². The quantitative estimate of drug-likeness (QED) is 0.817. The molecule has 1 amide bonds. The number of amides is 1. The summed E-state index contributed by atoms with van der Waals surface area (Å²) in [6.07, 6.45) is 2.37. The molecule has 0 unspecified atom stereocenters. The molecule has 0 N–H and O–H groups in total. The van der Waals surface area contributed by atoms with E-state index >= 15 is 0 Å². The number of anilines is 1. The fourth-order valence-corrected chi connectivity index (χ4v) is 4.15. The van der Waals surface area contributed by atoms with Gasteiger partial charge in [-0.1, -0.05) is 11.6 Å². The predicted octanol–water partition coefficient (Wildman–Crippen LogP) is 2.23.